The van der Waals surface area contributed by atoms with Crippen molar-refractivity contribution in [1.82, 2.24) is 0 Å². The van der Waals surface area contributed by atoms with Gasteiger partial charge in [0.1, 0.15) is 0 Å². The molecule has 0 aliphatic carbocycles. The Bertz CT molecular complexity index is 453. The third-order valence-corrected chi connectivity index (χ3v) is 4.89. The zero-order chi connectivity index (χ0) is 11.4. The van der Waals surface area contributed by atoms with Gasteiger partial charge in [0.05, 0.1) is 0 Å². The molecule has 2 aromatic carbocycles. The van der Waals surface area contributed by atoms with Crippen LogP contribution in [0.3, 0.4) is 0 Å². The lowest BCUT2D eigenvalue weighted by Gasteiger charge is -2.10. The van der Waals surface area contributed by atoms with Crippen LogP contribution >= 0.6 is 18.5 Å². The van der Waals surface area contributed by atoms with E-state index in [1.54, 1.807) is 0 Å². The molecular formula is C14H14ClP. The number of hydrogen-bond donors (Lipinski definition) is 0. The number of hydrogen-bond acceptors (Lipinski definition) is 0. The van der Waals surface area contributed by atoms with Gasteiger partial charge < -0.3 is 0 Å². The van der Waals surface area contributed by atoms with Crippen molar-refractivity contribution >= 4 is 23.8 Å². The van der Waals surface area contributed by atoms with Gasteiger partial charge in [-0.1, -0.05) is 71.4 Å². The van der Waals surface area contributed by atoms with Crippen molar-refractivity contribution in [2.75, 3.05) is 0 Å². The zero-order valence-corrected chi connectivity index (χ0v) is 10.9. The Morgan fingerprint density at radius 3 is 2.44 bits per heavy atom. The van der Waals surface area contributed by atoms with Crippen LogP contribution in [0.15, 0.2) is 54.6 Å². The quantitative estimate of drug-likeness (QED) is 0.704. The first-order chi connectivity index (χ1) is 7.75. The molecule has 0 spiro atoms. The monoisotopic (exact) mass is 248 g/mol. The van der Waals surface area contributed by atoms with E-state index in [0.717, 1.165) is 6.16 Å². The Morgan fingerprint density at radius 1 is 1.00 bits per heavy atom. The fraction of sp³-hybridized carbons (Fsp3) is 0.143. The summed E-state index contributed by atoms with van der Waals surface area (Å²) in [5, 5.41) is 1.25. The molecule has 0 nitrogen and oxygen atoms in total. The van der Waals surface area contributed by atoms with Gasteiger partial charge in [-0.2, -0.15) is 0 Å². The average Bonchev–Trinajstić information content (AvgIpc) is 2.30. The minimum absolute atomic E-state index is 0.592. The fourth-order valence-electron chi connectivity index (χ4n) is 1.65. The minimum Gasteiger partial charge on any atom is -0.0908 e. The molecule has 2 rings (SSSR count). The Kier molecular flexibility index (Phi) is 3.98. The van der Waals surface area contributed by atoms with Crippen LogP contribution in [0.1, 0.15) is 11.1 Å². The Balaban J connectivity index is 2.11. The minimum atomic E-state index is -0.592. The van der Waals surface area contributed by atoms with Crippen molar-refractivity contribution in [2.45, 2.75) is 13.1 Å². The topological polar surface area (TPSA) is 0 Å². The van der Waals surface area contributed by atoms with Crippen LogP contribution in [0.25, 0.3) is 0 Å². The molecule has 0 aromatic heterocycles. The van der Waals surface area contributed by atoms with Crippen molar-refractivity contribution in [3.63, 3.8) is 0 Å². The molecule has 0 bridgehead atoms. The van der Waals surface area contributed by atoms with Crippen molar-refractivity contribution in [2.24, 2.45) is 0 Å². The van der Waals surface area contributed by atoms with E-state index in [-0.39, 0.29) is 0 Å². The first-order valence-electron chi connectivity index (χ1n) is 5.29. The van der Waals surface area contributed by atoms with Crippen LogP contribution in [0.2, 0.25) is 0 Å². The van der Waals surface area contributed by atoms with Crippen molar-refractivity contribution in [3.8, 4) is 0 Å². The number of benzene rings is 2. The first-order valence-corrected chi connectivity index (χ1v) is 7.73. The molecule has 1 atom stereocenters. The van der Waals surface area contributed by atoms with Gasteiger partial charge in [-0.25, -0.2) is 0 Å². The molecule has 0 amide bonds. The van der Waals surface area contributed by atoms with Gasteiger partial charge in [-0.05, 0) is 17.8 Å². The van der Waals surface area contributed by atoms with Crippen molar-refractivity contribution in [3.05, 3.63) is 65.7 Å². The Labute approximate surface area is 103 Å². The van der Waals surface area contributed by atoms with E-state index in [4.69, 9.17) is 11.2 Å². The standard InChI is InChI=1S/C14H14ClP/c1-12-6-5-7-13(10-12)11-16(15)14-8-3-2-4-9-14/h2-10H,11H2,1H3. The number of halogens is 1. The second kappa shape index (κ2) is 5.48. The molecule has 2 aromatic rings. The molecule has 0 heterocycles. The van der Waals surface area contributed by atoms with Crippen LogP contribution < -0.4 is 5.30 Å². The lowest BCUT2D eigenvalue weighted by Crippen LogP contribution is -1.97. The molecule has 0 aliphatic rings. The third-order valence-electron chi connectivity index (χ3n) is 2.44. The Hall–Kier alpha value is -0.840. The Morgan fingerprint density at radius 2 is 1.75 bits per heavy atom. The van der Waals surface area contributed by atoms with Gasteiger partial charge in [0.25, 0.3) is 0 Å². The van der Waals surface area contributed by atoms with E-state index in [1.807, 2.05) is 18.2 Å². The molecule has 16 heavy (non-hydrogen) atoms. The molecule has 2 heteroatoms. The van der Waals surface area contributed by atoms with Crippen LogP contribution in [0.5, 0.6) is 0 Å². The van der Waals surface area contributed by atoms with Gasteiger partial charge in [0.15, 0.2) is 0 Å². The lowest BCUT2D eigenvalue weighted by molar-refractivity contribution is 1.35. The van der Waals surface area contributed by atoms with Gasteiger partial charge in [-0.15, -0.1) is 0 Å². The fourth-order valence-corrected chi connectivity index (χ4v) is 3.60. The SMILES string of the molecule is Cc1cccc(CP(Cl)c2ccccc2)c1. The number of rotatable bonds is 3. The zero-order valence-electron chi connectivity index (χ0n) is 9.23. The van der Waals surface area contributed by atoms with Crippen molar-refractivity contribution < 1.29 is 0 Å². The third kappa shape index (κ3) is 3.07. The summed E-state index contributed by atoms with van der Waals surface area (Å²) in [6.07, 6.45) is 0.947. The highest BCUT2D eigenvalue weighted by Crippen LogP contribution is 2.43. The summed E-state index contributed by atoms with van der Waals surface area (Å²) in [7, 11) is -0.592. The van der Waals surface area contributed by atoms with Gasteiger partial charge in [0.2, 0.25) is 0 Å². The maximum atomic E-state index is 6.46. The summed E-state index contributed by atoms with van der Waals surface area (Å²) in [6.45, 7) is 2.11. The molecule has 82 valence electrons. The maximum Gasteiger partial charge on any atom is 0.0257 e. The molecule has 0 aliphatic heterocycles. The molecule has 0 radical (unpaired) electrons. The highest BCUT2D eigenvalue weighted by molar-refractivity contribution is 7.89. The van der Waals surface area contributed by atoms with E-state index in [1.165, 1.54) is 16.4 Å². The second-order valence-electron chi connectivity index (χ2n) is 3.84. The van der Waals surface area contributed by atoms with E-state index < -0.39 is 7.27 Å². The normalized spacial score (nSPS) is 12.4. The summed E-state index contributed by atoms with van der Waals surface area (Å²) in [4.78, 5) is 0. The molecule has 0 saturated carbocycles. The second-order valence-corrected chi connectivity index (χ2v) is 6.63. The van der Waals surface area contributed by atoms with Crippen LogP contribution in [0, 0.1) is 6.92 Å². The summed E-state index contributed by atoms with van der Waals surface area (Å²) in [6, 6.07) is 18.9. The molecule has 0 fully saturated rings. The average molecular weight is 249 g/mol. The maximum absolute atomic E-state index is 6.46. The highest BCUT2D eigenvalue weighted by atomic mass is 35.7. The van der Waals surface area contributed by atoms with E-state index in [0.29, 0.717) is 0 Å². The van der Waals surface area contributed by atoms with Gasteiger partial charge in [-0.3, -0.25) is 0 Å². The smallest absolute Gasteiger partial charge is 0.0257 e. The van der Waals surface area contributed by atoms with Crippen molar-refractivity contribution in [1.29, 1.82) is 0 Å². The summed E-state index contributed by atoms with van der Waals surface area (Å²) in [5.41, 5.74) is 2.62. The predicted molar refractivity (Wildman–Crippen MR) is 73.7 cm³/mol. The van der Waals surface area contributed by atoms with E-state index in [9.17, 15) is 0 Å². The summed E-state index contributed by atoms with van der Waals surface area (Å²) < 4.78 is 0. The largest absolute Gasteiger partial charge is 0.0908 e. The summed E-state index contributed by atoms with van der Waals surface area (Å²) in [5.74, 6) is 0. The molecule has 0 N–H and O–H groups in total. The van der Waals surface area contributed by atoms with Crippen LogP contribution in [-0.2, 0) is 6.16 Å². The predicted octanol–water partition coefficient (Wildman–Crippen LogP) is 4.46. The lowest BCUT2D eigenvalue weighted by atomic mass is 10.2. The van der Waals surface area contributed by atoms with E-state index >= 15 is 0 Å². The molecular weight excluding hydrogens is 235 g/mol. The first kappa shape index (κ1) is 11.6. The number of aryl methyl sites for hydroxylation is 1. The highest BCUT2D eigenvalue weighted by Gasteiger charge is 2.07. The van der Waals surface area contributed by atoms with Crippen LogP contribution in [-0.4, -0.2) is 0 Å². The van der Waals surface area contributed by atoms with Crippen LogP contribution in [0.4, 0.5) is 0 Å². The van der Waals surface area contributed by atoms with Gasteiger partial charge >= 0.3 is 0 Å². The molecule has 1 unspecified atom stereocenters. The summed E-state index contributed by atoms with van der Waals surface area (Å²) >= 11 is 6.46. The molecule has 0 saturated heterocycles. The van der Waals surface area contributed by atoms with Gasteiger partial charge in [0, 0.05) is 13.4 Å². The van der Waals surface area contributed by atoms with E-state index in [2.05, 4.69) is 43.3 Å².